The van der Waals surface area contributed by atoms with Crippen LogP contribution in [0.4, 0.5) is 0 Å². The zero-order chi connectivity index (χ0) is 20.1. The zero-order valence-corrected chi connectivity index (χ0v) is 17.2. The minimum atomic E-state index is -0.362. The molecule has 150 valence electrons. The Kier molecular flexibility index (Phi) is 4.72. The molecule has 1 unspecified atom stereocenters. The Balaban J connectivity index is 1.73. The number of Topliss-reactive ketones (excluding diaryl/α,β-unsaturated/α-hetero) is 1. The highest BCUT2D eigenvalue weighted by atomic mass is 16.5. The summed E-state index contributed by atoms with van der Waals surface area (Å²) in [5.41, 5.74) is 1.48. The summed E-state index contributed by atoms with van der Waals surface area (Å²) in [7, 11) is 0. The number of carbonyl (C=O) groups excluding carboxylic acids is 2. The Labute approximate surface area is 165 Å². The molecular formula is C23H29NO4. The van der Waals surface area contributed by atoms with Gasteiger partial charge in [0.05, 0.1) is 12.0 Å². The van der Waals surface area contributed by atoms with Crippen molar-refractivity contribution in [3.8, 4) is 5.75 Å². The number of amides is 1. The van der Waals surface area contributed by atoms with Gasteiger partial charge in [0.2, 0.25) is 0 Å². The van der Waals surface area contributed by atoms with Crippen molar-refractivity contribution in [1.82, 2.24) is 5.32 Å². The summed E-state index contributed by atoms with van der Waals surface area (Å²) < 4.78 is 12.3. The number of aryl methyl sites for hydroxylation is 1. The second-order valence-corrected chi connectivity index (χ2v) is 8.72. The molecule has 0 saturated heterocycles. The van der Waals surface area contributed by atoms with Crippen LogP contribution < -0.4 is 10.1 Å². The lowest BCUT2D eigenvalue weighted by Gasteiger charge is -2.42. The van der Waals surface area contributed by atoms with Gasteiger partial charge < -0.3 is 14.5 Å². The maximum atomic E-state index is 13.2. The molecule has 2 aliphatic rings. The van der Waals surface area contributed by atoms with E-state index in [0.29, 0.717) is 34.8 Å². The molecule has 2 aromatic rings. The van der Waals surface area contributed by atoms with E-state index < -0.39 is 0 Å². The van der Waals surface area contributed by atoms with Gasteiger partial charge in [-0.2, -0.15) is 0 Å². The van der Waals surface area contributed by atoms with Crippen molar-refractivity contribution in [1.29, 1.82) is 0 Å². The summed E-state index contributed by atoms with van der Waals surface area (Å²) in [6.45, 7) is 8.08. The fraction of sp³-hybridized carbons (Fsp3) is 0.565. The Morgan fingerprint density at radius 3 is 2.71 bits per heavy atom. The molecule has 1 aliphatic carbocycles. The van der Waals surface area contributed by atoms with E-state index in [1.54, 1.807) is 0 Å². The van der Waals surface area contributed by atoms with Crippen molar-refractivity contribution in [2.75, 3.05) is 0 Å². The van der Waals surface area contributed by atoms with Crippen LogP contribution in [0.1, 0.15) is 85.8 Å². The van der Waals surface area contributed by atoms with Crippen molar-refractivity contribution in [3.63, 3.8) is 0 Å². The van der Waals surface area contributed by atoms with Gasteiger partial charge in [0.25, 0.3) is 5.91 Å². The number of ether oxygens (including phenoxy) is 1. The summed E-state index contributed by atoms with van der Waals surface area (Å²) in [6, 6.07) is 3.71. The molecule has 1 saturated carbocycles. The average molecular weight is 383 g/mol. The normalized spacial score (nSPS) is 25.4. The van der Waals surface area contributed by atoms with E-state index in [4.69, 9.17) is 9.15 Å². The van der Waals surface area contributed by atoms with Gasteiger partial charge in [-0.05, 0) is 64.0 Å². The molecular weight excluding hydrogens is 354 g/mol. The Hall–Kier alpha value is -2.30. The minimum Gasteiger partial charge on any atom is -0.486 e. The highest BCUT2D eigenvalue weighted by Crippen LogP contribution is 2.46. The summed E-state index contributed by atoms with van der Waals surface area (Å²) >= 11 is 0. The fourth-order valence-corrected chi connectivity index (χ4v) is 4.51. The van der Waals surface area contributed by atoms with Gasteiger partial charge in [-0.15, -0.1) is 0 Å². The molecule has 1 fully saturated rings. The molecule has 5 heteroatoms. The molecule has 4 rings (SSSR count). The predicted octanol–water partition coefficient (Wildman–Crippen LogP) is 5.18. The molecule has 1 amide bonds. The van der Waals surface area contributed by atoms with E-state index >= 15 is 0 Å². The first-order valence-corrected chi connectivity index (χ1v) is 10.4. The summed E-state index contributed by atoms with van der Waals surface area (Å²) in [6.07, 6.45) is 5.28. The lowest BCUT2D eigenvalue weighted by atomic mass is 9.74. The summed E-state index contributed by atoms with van der Waals surface area (Å²) in [4.78, 5) is 25.8. The Bertz CT molecular complexity index is 934. The van der Waals surface area contributed by atoms with Crippen molar-refractivity contribution in [2.45, 2.75) is 77.9 Å². The molecule has 0 radical (unpaired) electrons. The van der Waals surface area contributed by atoms with Gasteiger partial charge in [-0.25, -0.2) is 0 Å². The second-order valence-electron chi connectivity index (χ2n) is 8.72. The van der Waals surface area contributed by atoms with E-state index in [1.807, 2.05) is 32.9 Å². The van der Waals surface area contributed by atoms with Crippen LogP contribution >= 0.6 is 0 Å². The molecule has 1 atom stereocenters. The number of furan rings is 1. The molecule has 1 aliphatic heterocycles. The van der Waals surface area contributed by atoms with Gasteiger partial charge in [0, 0.05) is 17.0 Å². The fourth-order valence-electron chi connectivity index (χ4n) is 4.51. The number of nitrogens with one attached hydrogen (secondary N) is 1. The Morgan fingerprint density at radius 2 is 2.04 bits per heavy atom. The van der Waals surface area contributed by atoms with Gasteiger partial charge in [0.15, 0.2) is 11.5 Å². The third kappa shape index (κ3) is 3.11. The standard InChI is InChI=1S/C23H29NO4/c1-5-14(3)24-22(26)21-15(4)19-17(27-21)6-7-18-20(19)16(25)12-23(28-18)10-8-13(2)9-11-23/h6-7,13-14H,5,8-12H2,1-4H3,(H,24,26). The number of rotatable bonds is 3. The van der Waals surface area contributed by atoms with E-state index in [1.165, 1.54) is 0 Å². The quantitative estimate of drug-likeness (QED) is 0.792. The van der Waals surface area contributed by atoms with Crippen LogP contribution in [0.2, 0.25) is 0 Å². The lowest BCUT2D eigenvalue weighted by Crippen LogP contribution is -2.44. The van der Waals surface area contributed by atoms with Crippen LogP contribution in [0.25, 0.3) is 11.0 Å². The molecule has 28 heavy (non-hydrogen) atoms. The largest absolute Gasteiger partial charge is 0.486 e. The van der Waals surface area contributed by atoms with Gasteiger partial charge in [-0.3, -0.25) is 9.59 Å². The number of hydrogen-bond acceptors (Lipinski definition) is 4. The van der Waals surface area contributed by atoms with Crippen molar-refractivity contribution in [2.24, 2.45) is 5.92 Å². The summed E-state index contributed by atoms with van der Waals surface area (Å²) in [5, 5.41) is 3.66. The first-order valence-electron chi connectivity index (χ1n) is 10.4. The van der Waals surface area contributed by atoms with Crippen LogP contribution in [0, 0.1) is 12.8 Å². The average Bonchev–Trinajstić information content (AvgIpc) is 3.01. The van der Waals surface area contributed by atoms with Gasteiger partial charge >= 0.3 is 0 Å². The third-order valence-corrected chi connectivity index (χ3v) is 6.53. The molecule has 1 N–H and O–H groups in total. The van der Waals surface area contributed by atoms with Crippen LogP contribution in [0.3, 0.4) is 0 Å². The van der Waals surface area contributed by atoms with Crippen LogP contribution in [-0.2, 0) is 0 Å². The van der Waals surface area contributed by atoms with E-state index in [0.717, 1.165) is 37.5 Å². The molecule has 5 nitrogen and oxygen atoms in total. The maximum absolute atomic E-state index is 13.2. The van der Waals surface area contributed by atoms with Crippen LogP contribution in [0.5, 0.6) is 5.75 Å². The number of benzene rings is 1. The van der Waals surface area contributed by atoms with E-state index in [9.17, 15) is 9.59 Å². The van der Waals surface area contributed by atoms with Gasteiger partial charge in [-0.1, -0.05) is 13.8 Å². The molecule has 1 aromatic carbocycles. The van der Waals surface area contributed by atoms with Crippen LogP contribution in [-0.4, -0.2) is 23.3 Å². The molecule has 0 bridgehead atoms. The first kappa shape index (κ1) is 19.0. The topological polar surface area (TPSA) is 68.5 Å². The SMILES string of the molecule is CCC(C)NC(=O)c1oc2ccc3c(c2c1C)C(=O)CC1(CCC(C)CC1)O3. The van der Waals surface area contributed by atoms with Crippen LogP contribution in [0.15, 0.2) is 16.5 Å². The predicted molar refractivity (Wildman–Crippen MR) is 108 cm³/mol. The number of carbonyl (C=O) groups is 2. The number of ketones is 1. The summed E-state index contributed by atoms with van der Waals surface area (Å²) in [5.74, 6) is 1.47. The van der Waals surface area contributed by atoms with Crippen molar-refractivity contribution < 1.29 is 18.7 Å². The van der Waals surface area contributed by atoms with Crippen molar-refractivity contribution >= 4 is 22.7 Å². The maximum Gasteiger partial charge on any atom is 0.287 e. The Morgan fingerprint density at radius 1 is 1.32 bits per heavy atom. The molecule has 1 spiro atoms. The molecule has 2 heterocycles. The van der Waals surface area contributed by atoms with E-state index in [2.05, 4.69) is 12.2 Å². The second kappa shape index (κ2) is 6.94. The zero-order valence-electron chi connectivity index (χ0n) is 17.2. The highest BCUT2D eigenvalue weighted by molar-refractivity contribution is 6.13. The van der Waals surface area contributed by atoms with Crippen molar-refractivity contribution in [3.05, 3.63) is 29.0 Å². The first-order chi connectivity index (χ1) is 13.3. The number of hydrogen-bond donors (Lipinski definition) is 1. The highest BCUT2D eigenvalue weighted by Gasteiger charge is 2.43. The lowest BCUT2D eigenvalue weighted by molar-refractivity contribution is 0.00430. The van der Waals surface area contributed by atoms with E-state index in [-0.39, 0.29) is 29.1 Å². The minimum absolute atomic E-state index is 0.0625. The molecule has 1 aromatic heterocycles. The van der Waals surface area contributed by atoms with Gasteiger partial charge in [0.1, 0.15) is 16.9 Å². The number of fused-ring (bicyclic) bond motifs is 3. The third-order valence-electron chi connectivity index (χ3n) is 6.53. The smallest absolute Gasteiger partial charge is 0.287 e. The monoisotopic (exact) mass is 383 g/mol.